The molecule has 1 aliphatic rings. The molecule has 9 nitrogen and oxygen atoms in total. The topological polar surface area (TPSA) is 107 Å². The standard InChI is InChI=1S/C31H29F3N4O5/c1-18(2)42-24-15-22(16-35-17-24)37(3)29(39)20-6-4-7-21(14-20)38-27-25(28(36-38)31(32,33)34)8-5-9-26(27)43-23-12-10-19(11-13-23)30(40)41/h4,6-7,10-18,26H,5,8-9H2,1-3H3,(H,40,41). The molecule has 224 valence electrons. The summed E-state index contributed by atoms with van der Waals surface area (Å²) in [6, 6.07) is 13.6. The average molecular weight is 595 g/mol. The van der Waals surface area contributed by atoms with Gasteiger partial charge in [-0.3, -0.25) is 9.78 Å². The fourth-order valence-electron chi connectivity index (χ4n) is 5.03. The van der Waals surface area contributed by atoms with Crippen LogP contribution >= 0.6 is 0 Å². The molecule has 1 N–H and O–H groups in total. The van der Waals surface area contributed by atoms with E-state index in [4.69, 9.17) is 9.47 Å². The zero-order valence-electron chi connectivity index (χ0n) is 23.6. The summed E-state index contributed by atoms with van der Waals surface area (Å²) in [6.07, 6.45) is -1.51. The van der Waals surface area contributed by atoms with Gasteiger partial charge in [-0.05, 0) is 75.6 Å². The van der Waals surface area contributed by atoms with Crippen molar-refractivity contribution >= 4 is 17.6 Å². The van der Waals surface area contributed by atoms with Gasteiger partial charge in [-0.25, -0.2) is 9.48 Å². The molecule has 0 spiro atoms. The first-order valence-corrected chi connectivity index (χ1v) is 13.6. The number of rotatable bonds is 8. The minimum absolute atomic E-state index is 0.0350. The van der Waals surface area contributed by atoms with Crippen LogP contribution in [0.2, 0.25) is 0 Å². The van der Waals surface area contributed by atoms with Crippen LogP contribution in [0, 0.1) is 0 Å². The molecular formula is C31H29F3N4O5. The number of pyridine rings is 1. The number of ether oxygens (including phenoxy) is 2. The number of carbonyl (C=O) groups excluding carboxylic acids is 1. The van der Waals surface area contributed by atoms with Crippen LogP contribution in [0.4, 0.5) is 18.9 Å². The van der Waals surface area contributed by atoms with Crippen LogP contribution in [-0.2, 0) is 12.6 Å². The Hall–Kier alpha value is -4.87. The molecule has 43 heavy (non-hydrogen) atoms. The highest BCUT2D eigenvalue weighted by molar-refractivity contribution is 6.06. The summed E-state index contributed by atoms with van der Waals surface area (Å²) in [5.74, 6) is -0.708. The number of carboxylic acids is 1. The van der Waals surface area contributed by atoms with Crippen molar-refractivity contribution < 1.29 is 37.3 Å². The predicted molar refractivity (Wildman–Crippen MR) is 151 cm³/mol. The second-order valence-electron chi connectivity index (χ2n) is 10.4. The van der Waals surface area contributed by atoms with Gasteiger partial charge in [0, 0.05) is 24.2 Å². The molecule has 0 saturated carbocycles. The Morgan fingerprint density at radius 2 is 1.79 bits per heavy atom. The number of alkyl halides is 3. The van der Waals surface area contributed by atoms with E-state index in [-0.39, 0.29) is 40.6 Å². The lowest BCUT2D eigenvalue weighted by Gasteiger charge is -2.26. The third-order valence-electron chi connectivity index (χ3n) is 6.97. The lowest BCUT2D eigenvalue weighted by Crippen LogP contribution is -2.26. The molecule has 12 heteroatoms. The Bertz CT molecular complexity index is 1650. The molecule has 4 aromatic rings. The number of benzene rings is 2. The van der Waals surface area contributed by atoms with Gasteiger partial charge in [0.05, 0.1) is 41.1 Å². The summed E-state index contributed by atoms with van der Waals surface area (Å²) < 4.78 is 55.4. The Morgan fingerprint density at radius 3 is 2.47 bits per heavy atom. The molecule has 0 aliphatic heterocycles. The van der Waals surface area contributed by atoms with Crippen molar-refractivity contribution in [1.29, 1.82) is 0 Å². The predicted octanol–water partition coefficient (Wildman–Crippen LogP) is 6.50. The van der Waals surface area contributed by atoms with Crippen molar-refractivity contribution in [2.24, 2.45) is 0 Å². The van der Waals surface area contributed by atoms with E-state index in [0.29, 0.717) is 30.0 Å². The summed E-state index contributed by atoms with van der Waals surface area (Å²) in [6.45, 7) is 3.74. The van der Waals surface area contributed by atoms with E-state index >= 15 is 0 Å². The third kappa shape index (κ3) is 6.32. The molecule has 2 aromatic heterocycles. The van der Waals surface area contributed by atoms with Gasteiger partial charge < -0.3 is 19.5 Å². The summed E-state index contributed by atoms with van der Waals surface area (Å²) in [4.78, 5) is 30.2. The molecule has 0 fully saturated rings. The van der Waals surface area contributed by atoms with Gasteiger partial charge in [-0.2, -0.15) is 18.3 Å². The normalized spacial score (nSPS) is 14.7. The number of nitrogens with zero attached hydrogens (tertiary/aromatic N) is 4. The van der Waals surface area contributed by atoms with Crippen molar-refractivity contribution in [3.05, 3.63) is 95.1 Å². The Balaban J connectivity index is 1.51. The first kappa shape index (κ1) is 29.6. The van der Waals surface area contributed by atoms with E-state index in [1.165, 1.54) is 46.1 Å². The first-order valence-electron chi connectivity index (χ1n) is 13.6. The average Bonchev–Trinajstić information content (AvgIpc) is 3.38. The Kier molecular flexibility index (Phi) is 8.12. The number of fused-ring (bicyclic) bond motifs is 1. The number of aromatic carboxylic acids is 1. The number of amides is 1. The van der Waals surface area contributed by atoms with Crippen molar-refractivity contribution in [2.75, 3.05) is 11.9 Å². The van der Waals surface area contributed by atoms with Crippen molar-refractivity contribution in [3.63, 3.8) is 0 Å². The second-order valence-corrected chi connectivity index (χ2v) is 10.4. The molecule has 1 aliphatic carbocycles. The second kappa shape index (κ2) is 11.8. The maximum absolute atomic E-state index is 14.1. The highest BCUT2D eigenvalue weighted by atomic mass is 19.4. The van der Waals surface area contributed by atoms with Crippen LogP contribution in [-0.4, -0.2) is 44.9 Å². The number of carboxylic acid groups (broad SMARTS) is 1. The number of carbonyl (C=O) groups is 2. The van der Waals surface area contributed by atoms with Gasteiger partial charge in [-0.1, -0.05) is 6.07 Å². The van der Waals surface area contributed by atoms with E-state index in [1.807, 2.05) is 13.8 Å². The van der Waals surface area contributed by atoms with Crippen LogP contribution in [0.25, 0.3) is 5.69 Å². The highest BCUT2D eigenvalue weighted by Crippen LogP contribution is 2.42. The number of hydrogen-bond acceptors (Lipinski definition) is 6. The molecule has 0 bridgehead atoms. The first-order chi connectivity index (χ1) is 20.4. The molecule has 0 radical (unpaired) electrons. The number of anilines is 1. The summed E-state index contributed by atoms with van der Waals surface area (Å²) >= 11 is 0. The zero-order valence-corrected chi connectivity index (χ0v) is 23.6. The van der Waals surface area contributed by atoms with E-state index < -0.39 is 29.9 Å². The van der Waals surface area contributed by atoms with Crippen LogP contribution in [0.3, 0.4) is 0 Å². The molecular weight excluding hydrogens is 565 g/mol. The van der Waals surface area contributed by atoms with Crippen LogP contribution in [0.1, 0.15) is 70.5 Å². The van der Waals surface area contributed by atoms with Crippen LogP contribution < -0.4 is 14.4 Å². The van der Waals surface area contributed by atoms with E-state index in [1.54, 1.807) is 37.5 Å². The smallest absolute Gasteiger partial charge is 0.435 e. The molecule has 1 atom stereocenters. The SMILES string of the molecule is CC(C)Oc1cncc(N(C)C(=O)c2cccc(-n3nc(C(F)(F)F)c4c3C(Oc3ccc(C(=O)O)cc3)CCC4)c2)c1. The van der Waals surface area contributed by atoms with Crippen molar-refractivity contribution in [2.45, 2.75) is 51.5 Å². The fraction of sp³-hybridized carbons (Fsp3) is 0.290. The van der Waals surface area contributed by atoms with E-state index in [2.05, 4.69) is 10.1 Å². The zero-order chi connectivity index (χ0) is 30.9. The van der Waals surface area contributed by atoms with Gasteiger partial charge in [-0.15, -0.1) is 0 Å². The van der Waals surface area contributed by atoms with Gasteiger partial charge in [0.1, 0.15) is 17.6 Å². The number of halogens is 3. The minimum Gasteiger partial charge on any atom is -0.489 e. The summed E-state index contributed by atoms with van der Waals surface area (Å²) in [7, 11) is 1.57. The van der Waals surface area contributed by atoms with E-state index in [0.717, 1.165) is 0 Å². The number of hydrogen-bond donors (Lipinski definition) is 1. The minimum atomic E-state index is -4.70. The Morgan fingerprint density at radius 1 is 1.05 bits per heavy atom. The summed E-state index contributed by atoms with van der Waals surface area (Å²) in [5, 5.41) is 13.2. The lowest BCUT2D eigenvalue weighted by molar-refractivity contribution is -0.142. The van der Waals surface area contributed by atoms with Gasteiger partial charge in [0.25, 0.3) is 5.91 Å². The molecule has 1 amide bonds. The highest BCUT2D eigenvalue weighted by Gasteiger charge is 2.42. The molecule has 0 saturated heterocycles. The van der Waals surface area contributed by atoms with Crippen LogP contribution in [0.5, 0.6) is 11.5 Å². The van der Waals surface area contributed by atoms with Gasteiger partial charge >= 0.3 is 12.1 Å². The monoisotopic (exact) mass is 594 g/mol. The van der Waals surface area contributed by atoms with Gasteiger partial charge in [0.2, 0.25) is 0 Å². The number of aromatic nitrogens is 3. The van der Waals surface area contributed by atoms with Gasteiger partial charge in [0.15, 0.2) is 5.69 Å². The Labute approximate surface area is 245 Å². The lowest BCUT2D eigenvalue weighted by atomic mass is 9.92. The van der Waals surface area contributed by atoms with E-state index in [9.17, 15) is 27.9 Å². The quantitative estimate of drug-likeness (QED) is 0.248. The van der Waals surface area contributed by atoms with Crippen molar-refractivity contribution in [3.8, 4) is 17.2 Å². The molecule has 2 heterocycles. The van der Waals surface area contributed by atoms with Crippen molar-refractivity contribution in [1.82, 2.24) is 14.8 Å². The molecule has 1 unspecified atom stereocenters. The largest absolute Gasteiger partial charge is 0.489 e. The maximum Gasteiger partial charge on any atom is 0.435 e. The summed E-state index contributed by atoms with van der Waals surface area (Å²) in [5.41, 5.74) is 0.297. The molecule has 2 aromatic carbocycles. The third-order valence-corrected chi connectivity index (χ3v) is 6.97. The fourth-order valence-corrected chi connectivity index (χ4v) is 5.03. The maximum atomic E-state index is 14.1. The van der Waals surface area contributed by atoms with Crippen LogP contribution in [0.15, 0.2) is 67.0 Å². The molecule has 5 rings (SSSR count).